The summed E-state index contributed by atoms with van der Waals surface area (Å²) in [6.07, 6.45) is 8.87. The second-order valence-corrected chi connectivity index (χ2v) is 6.35. The average Bonchev–Trinajstić information content (AvgIpc) is 2.85. The molecule has 0 fully saturated rings. The summed E-state index contributed by atoms with van der Waals surface area (Å²) in [7, 11) is 0. The van der Waals surface area contributed by atoms with Gasteiger partial charge in [-0.2, -0.15) is 4.98 Å². The first-order chi connectivity index (χ1) is 9.31. The van der Waals surface area contributed by atoms with Crippen molar-refractivity contribution < 1.29 is 0 Å². The zero-order valence-electron chi connectivity index (χ0n) is 11.5. The van der Waals surface area contributed by atoms with Crippen molar-refractivity contribution in [1.82, 2.24) is 9.97 Å². The summed E-state index contributed by atoms with van der Waals surface area (Å²) in [5.74, 6) is 2.03. The van der Waals surface area contributed by atoms with E-state index >= 15 is 0 Å². The van der Waals surface area contributed by atoms with Gasteiger partial charge in [0.05, 0.1) is 10.6 Å². The molecule has 106 valence electrons. The Morgan fingerprint density at radius 1 is 1.16 bits per heavy atom. The smallest absolute Gasteiger partial charge is 0.224 e. The molecule has 3 nitrogen and oxygen atoms in total. The van der Waals surface area contributed by atoms with Crippen LogP contribution in [-0.4, -0.2) is 22.3 Å². The molecular formula is C14H22ClN3S. The van der Waals surface area contributed by atoms with Crippen LogP contribution in [-0.2, 0) is 6.42 Å². The van der Waals surface area contributed by atoms with Gasteiger partial charge >= 0.3 is 0 Å². The highest BCUT2D eigenvalue weighted by Crippen LogP contribution is 2.35. The highest BCUT2D eigenvalue weighted by atomic mass is 35.5. The van der Waals surface area contributed by atoms with Crippen molar-refractivity contribution in [2.24, 2.45) is 0 Å². The minimum atomic E-state index is 0.367. The molecule has 19 heavy (non-hydrogen) atoms. The Morgan fingerprint density at radius 3 is 2.79 bits per heavy atom. The molecule has 5 heteroatoms. The van der Waals surface area contributed by atoms with Crippen LogP contribution in [0.3, 0.4) is 0 Å². The van der Waals surface area contributed by atoms with Gasteiger partial charge in [-0.15, -0.1) is 11.8 Å². The van der Waals surface area contributed by atoms with Gasteiger partial charge in [0.2, 0.25) is 5.28 Å². The van der Waals surface area contributed by atoms with Gasteiger partial charge in [0.25, 0.3) is 0 Å². The number of nitrogens with zero attached hydrogens (tertiary/aromatic N) is 2. The van der Waals surface area contributed by atoms with Crippen molar-refractivity contribution in [3.05, 3.63) is 11.0 Å². The highest BCUT2D eigenvalue weighted by Gasteiger charge is 2.19. The second kappa shape index (κ2) is 7.95. The molecular weight excluding hydrogens is 278 g/mol. The molecule has 0 saturated carbocycles. The number of nitrogens with one attached hydrogen (secondary N) is 1. The van der Waals surface area contributed by atoms with Crippen molar-refractivity contribution in [2.45, 2.75) is 56.8 Å². The van der Waals surface area contributed by atoms with E-state index in [0.29, 0.717) is 5.28 Å². The summed E-state index contributed by atoms with van der Waals surface area (Å²) in [4.78, 5) is 9.80. The topological polar surface area (TPSA) is 37.8 Å². The van der Waals surface area contributed by atoms with E-state index in [1.165, 1.54) is 43.4 Å². The van der Waals surface area contributed by atoms with Crippen molar-refractivity contribution in [2.75, 3.05) is 17.6 Å². The van der Waals surface area contributed by atoms with Gasteiger partial charge in [-0.25, -0.2) is 4.98 Å². The molecule has 1 aliphatic heterocycles. The number of aromatic nitrogens is 2. The SMILES string of the molecule is CCCCCCCCNc1nc(Cl)nc2c1SCC2. The lowest BCUT2D eigenvalue weighted by molar-refractivity contribution is 0.616. The summed E-state index contributed by atoms with van der Waals surface area (Å²) >= 11 is 7.79. The number of unbranched alkanes of at least 4 members (excludes halogenated alkanes) is 5. The second-order valence-electron chi connectivity index (χ2n) is 4.91. The van der Waals surface area contributed by atoms with Gasteiger partial charge in [-0.1, -0.05) is 39.0 Å². The van der Waals surface area contributed by atoms with E-state index in [4.69, 9.17) is 11.6 Å². The van der Waals surface area contributed by atoms with Crippen molar-refractivity contribution in [3.63, 3.8) is 0 Å². The largest absolute Gasteiger partial charge is 0.369 e. The first kappa shape index (κ1) is 14.9. The lowest BCUT2D eigenvalue weighted by Crippen LogP contribution is -2.06. The summed E-state index contributed by atoms with van der Waals surface area (Å²) in [5.41, 5.74) is 1.11. The first-order valence-electron chi connectivity index (χ1n) is 7.24. The Morgan fingerprint density at radius 2 is 1.95 bits per heavy atom. The third-order valence-corrected chi connectivity index (χ3v) is 4.61. The normalized spacial score (nSPS) is 13.6. The number of anilines is 1. The maximum Gasteiger partial charge on any atom is 0.224 e. The fraction of sp³-hybridized carbons (Fsp3) is 0.714. The summed E-state index contributed by atoms with van der Waals surface area (Å²) in [6, 6.07) is 0. The number of rotatable bonds is 8. The van der Waals surface area contributed by atoms with Gasteiger partial charge in [0.1, 0.15) is 5.82 Å². The van der Waals surface area contributed by atoms with E-state index in [0.717, 1.165) is 30.2 Å². The molecule has 0 bridgehead atoms. The van der Waals surface area contributed by atoms with E-state index in [1.54, 1.807) is 0 Å². The van der Waals surface area contributed by atoms with Crippen LogP contribution in [0.2, 0.25) is 5.28 Å². The van der Waals surface area contributed by atoms with Crippen LogP contribution in [0.15, 0.2) is 4.90 Å². The van der Waals surface area contributed by atoms with Crippen molar-refractivity contribution in [1.29, 1.82) is 0 Å². The number of fused-ring (bicyclic) bond motifs is 1. The summed E-state index contributed by atoms with van der Waals surface area (Å²) in [6.45, 7) is 3.23. The van der Waals surface area contributed by atoms with E-state index < -0.39 is 0 Å². The van der Waals surface area contributed by atoms with Crippen LogP contribution >= 0.6 is 23.4 Å². The molecule has 0 amide bonds. The third-order valence-electron chi connectivity index (χ3n) is 3.32. The zero-order chi connectivity index (χ0) is 13.5. The average molecular weight is 300 g/mol. The predicted octanol–water partition coefficient (Wildman–Crippen LogP) is 4.55. The quantitative estimate of drug-likeness (QED) is 0.564. The van der Waals surface area contributed by atoms with Gasteiger partial charge in [0, 0.05) is 18.7 Å². The Balaban J connectivity index is 1.74. The number of aryl methyl sites for hydroxylation is 1. The summed E-state index contributed by atoms with van der Waals surface area (Å²) in [5, 5.41) is 3.79. The molecule has 1 aromatic heterocycles. The van der Waals surface area contributed by atoms with E-state index in [-0.39, 0.29) is 0 Å². The van der Waals surface area contributed by atoms with Crippen LogP contribution < -0.4 is 5.32 Å². The fourth-order valence-electron chi connectivity index (χ4n) is 2.27. The molecule has 2 rings (SSSR count). The fourth-order valence-corrected chi connectivity index (χ4v) is 3.52. The minimum Gasteiger partial charge on any atom is -0.369 e. The van der Waals surface area contributed by atoms with Crippen LogP contribution in [0, 0.1) is 0 Å². The van der Waals surface area contributed by atoms with Crippen molar-refractivity contribution >= 4 is 29.2 Å². The Kier molecular flexibility index (Phi) is 6.24. The maximum atomic E-state index is 5.95. The standard InChI is InChI=1S/C14H22ClN3S/c1-2-3-4-5-6-7-9-16-13-12-11(8-10-19-12)17-14(15)18-13/h2-10H2,1H3,(H,16,17,18). The molecule has 0 saturated heterocycles. The van der Waals surface area contributed by atoms with Crippen molar-refractivity contribution in [3.8, 4) is 0 Å². The molecule has 0 aromatic carbocycles. The monoisotopic (exact) mass is 299 g/mol. The zero-order valence-corrected chi connectivity index (χ0v) is 13.1. The molecule has 0 atom stereocenters. The highest BCUT2D eigenvalue weighted by molar-refractivity contribution is 7.99. The minimum absolute atomic E-state index is 0.367. The Labute approximate surface area is 124 Å². The van der Waals surface area contributed by atoms with Crippen LogP contribution in [0.1, 0.15) is 51.1 Å². The summed E-state index contributed by atoms with van der Waals surface area (Å²) < 4.78 is 0. The van der Waals surface area contributed by atoms with E-state index in [1.807, 2.05) is 11.8 Å². The molecule has 0 unspecified atom stereocenters. The molecule has 1 aromatic rings. The lowest BCUT2D eigenvalue weighted by atomic mass is 10.1. The number of hydrogen-bond donors (Lipinski definition) is 1. The van der Waals surface area contributed by atoms with Gasteiger partial charge in [0.15, 0.2) is 0 Å². The van der Waals surface area contributed by atoms with Crippen LogP contribution in [0.5, 0.6) is 0 Å². The van der Waals surface area contributed by atoms with Crippen LogP contribution in [0.25, 0.3) is 0 Å². The van der Waals surface area contributed by atoms with Gasteiger partial charge in [-0.3, -0.25) is 0 Å². The van der Waals surface area contributed by atoms with Crippen LogP contribution in [0.4, 0.5) is 5.82 Å². The molecule has 1 N–H and O–H groups in total. The van der Waals surface area contributed by atoms with E-state index in [9.17, 15) is 0 Å². The molecule has 0 aliphatic carbocycles. The predicted molar refractivity (Wildman–Crippen MR) is 83.3 cm³/mol. The number of thioether (sulfide) groups is 1. The third kappa shape index (κ3) is 4.53. The number of hydrogen-bond acceptors (Lipinski definition) is 4. The molecule has 1 aliphatic rings. The molecule has 0 spiro atoms. The maximum absolute atomic E-state index is 5.95. The van der Waals surface area contributed by atoms with E-state index in [2.05, 4.69) is 22.2 Å². The lowest BCUT2D eigenvalue weighted by Gasteiger charge is -2.09. The Hall–Kier alpha value is -0.480. The number of halogens is 1. The Bertz CT molecular complexity index is 412. The van der Waals surface area contributed by atoms with Gasteiger partial charge in [-0.05, 0) is 18.0 Å². The van der Waals surface area contributed by atoms with Gasteiger partial charge < -0.3 is 5.32 Å². The molecule has 2 heterocycles. The molecule has 0 radical (unpaired) electrons. The first-order valence-corrected chi connectivity index (χ1v) is 8.60.